The number of benzene rings is 1. The molecule has 1 atom stereocenters. The highest BCUT2D eigenvalue weighted by molar-refractivity contribution is 5.98. The highest BCUT2D eigenvalue weighted by Crippen LogP contribution is 2.14. The zero-order valence-electron chi connectivity index (χ0n) is 10.1. The number of fused-ring (bicyclic) bond motifs is 1. The van der Waals surface area contributed by atoms with Crippen molar-refractivity contribution in [2.75, 3.05) is 0 Å². The molecular formula is C13H15N3O2. The maximum Gasteiger partial charge on any atom is 0.251 e. The Balaban J connectivity index is 2.10. The van der Waals surface area contributed by atoms with Crippen molar-refractivity contribution in [2.45, 2.75) is 19.4 Å². The van der Waals surface area contributed by atoms with E-state index < -0.39 is 5.91 Å². The molecule has 2 rings (SSSR count). The SMILES string of the molecule is CC(CC(N)=O)NC(=O)c1ccc2cc[nH]c2c1. The molecule has 1 aromatic carbocycles. The Kier molecular flexibility index (Phi) is 3.32. The van der Waals surface area contributed by atoms with Crippen molar-refractivity contribution in [3.63, 3.8) is 0 Å². The van der Waals surface area contributed by atoms with Crippen LogP contribution in [0.1, 0.15) is 23.7 Å². The lowest BCUT2D eigenvalue weighted by atomic mass is 10.1. The van der Waals surface area contributed by atoms with Gasteiger partial charge in [0.05, 0.1) is 0 Å². The average Bonchev–Trinajstić information content (AvgIpc) is 2.74. The van der Waals surface area contributed by atoms with Crippen LogP contribution in [0.5, 0.6) is 0 Å². The molecule has 1 aromatic heterocycles. The van der Waals surface area contributed by atoms with Crippen molar-refractivity contribution in [3.8, 4) is 0 Å². The average molecular weight is 245 g/mol. The molecule has 94 valence electrons. The first-order valence-electron chi connectivity index (χ1n) is 5.72. The molecular weight excluding hydrogens is 230 g/mol. The van der Waals surface area contributed by atoms with Crippen LogP contribution in [0, 0.1) is 0 Å². The number of H-pyrrole nitrogens is 1. The van der Waals surface area contributed by atoms with Crippen LogP contribution in [-0.2, 0) is 4.79 Å². The summed E-state index contributed by atoms with van der Waals surface area (Å²) in [7, 11) is 0. The fourth-order valence-corrected chi connectivity index (χ4v) is 1.85. The van der Waals surface area contributed by atoms with Gasteiger partial charge in [-0.05, 0) is 30.5 Å². The molecule has 1 heterocycles. The largest absolute Gasteiger partial charge is 0.370 e. The Hall–Kier alpha value is -2.30. The standard InChI is InChI=1S/C13H15N3O2/c1-8(6-12(14)17)16-13(18)10-3-2-9-4-5-15-11(9)7-10/h2-5,7-8,15H,6H2,1H3,(H2,14,17)(H,16,18). The number of hydrogen-bond donors (Lipinski definition) is 3. The van der Waals surface area contributed by atoms with E-state index in [0.29, 0.717) is 5.56 Å². The van der Waals surface area contributed by atoms with Gasteiger partial charge in [-0.1, -0.05) is 6.07 Å². The molecule has 4 N–H and O–H groups in total. The van der Waals surface area contributed by atoms with Crippen molar-refractivity contribution in [1.29, 1.82) is 0 Å². The third-order valence-electron chi connectivity index (χ3n) is 2.70. The molecule has 2 aromatic rings. The number of amides is 2. The monoisotopic (exact) mass is 245 g/mol. The Morgan fingerprint density at radius 3 is 2.89 bits per heavy atom. The number of nitrogens with two attached hydrogens (primary N) is 1. The molecule has 5 heteroatoms. The van der Waals surface area contributed by atoms with Crippen molar-refractivity contribution in [3.05, 3.63) is 36.0 Å². The summed E-state index contributed by atoms with van der Waals surface area (Å²) >= 11 is 0. The highest BCUT2D eigenvalue weighted by Gasteiger charge is 2.12. The van der Waals surface area contributed by atoms with Crippen LogP contribution in [0.3, 0.4) is 0 Å². The molecule has 18 heavy (non-hydrogen) atoms. The van der Waals surface area contributed by atoms with Crippen LogP contribution in [0.25, 0.3) is 10.9 Å². The van der Waals surface area contributed by atoms with Gasteiger partial charge in [0, 0.05) is 29.7 Å². The lowest BCUT2D eigenvalue weighted by molar-refractivity contribution is -0.118. The lowest BCUT2D eigenvalue weighted by Crippen LogP contribution is -2.35. The van der Waals surface area contributed by atoms with Crippen LogP contribution in [-0.4, -0.2) is 22.8 Å². The molecule has 0 aliphatic rings. The van der Waals surface area contributed by atoms with Crippen molar-refractivity contribution >= 4 is 22.7 Å². The van der Waals surface area contributed by atoms with E-state index in [2.05, 4.69) is 10.3 Å². The summed E-state index contributed by atoms with van der Waals surface area (Å²) in [6, 6.07) is 7.07. The third-order valence-corrected chi connectivity index (χ3v) is 2.70. The molecule has 0 bridgehead atoms. The number of rotatable bonds is 4. The summed E-state index contributed by atoms with van der Waals surface area (Å²) in [6.07, 6.45) is 1.96. The molecule has 0 fully saturated rings. The quantitative estimate of drug-likeness (QED) is 0.754. The predicted octanol–water partition coefficient (Wildman–Crippen LogP) is 1.16. The normalized spacial score (nSPS) is 12.3. The first-order chi connectivity index (χ1) is 8.56. The zero-order chi connectivity index (χ0) is 13.1. The van der Waals surface area contributed by atoms with Gasteiger partial charge in [-0.15, -0.1) is 0 Å². The molecule has 0 aliphatic carbocycles. The van der Waals surface area contributed by atoms with Gasteiger partial charge < -0.3 is 16.0 Å². The van der Waals surface area contributed by atoms with Crippen molar-refractivity contribution in [1.82, 2.24) is 10.3 Å². The van der Waals surface area contributed by atoms with Gasteiger partial charge in [0.2, 0.25) is 5.91 Å². The minimum absolute atomic E-state index is 0.135. The number of nitrogens with one attached hydrogen (secondary N) is 2. The van der Waals surface area contributed by atoms with E-state index in [-0.39, 0.29) is 18.4 Å². The van der Waals surface area contributed by atoms with Crippen LogP contribution in [0.2, 0.25) is 0 Å². The molecule has 0 saturated carbocycles. The van der Waals surface area contributed by atoms with Gasteiger partial charge in [0.25, 0.3) is 5.91 Å². The molecule has 0 aliphatic heterocycles. The minimum Gasteiger partial charge on any atom is -0.370 e. The fourth-order valence-electron chi connectivity index (χ4n) is 1.85. The molecule has 0 saturated heterocycles. The summed E-state index contributed by atoms with van der Waals surface area (Å²) in [5.74, 6) is -0.636. The maximum absolute atomic E-state index is 11.9. The molecule has 0 spiro atoms. The summed E-state index contributed by atoms with van der Waals surface area (Å²) in [5.41, 5.74) is 6.54. The second-order valence-corrected chi connectivity index (χ2v) is 4.32. The number of primary amides is 1. The maximum atomic E-state index is 11.9. The molecule has 1 unspecified atom stereocenters. The Bertz CT molecular complexity index is 589. The van der Waals surface area contributed by atoms with Crippen LogP contribution in [0.4, 0.5) is 0 Å². The lowest BCUT2D eigenvalue weighted by Gasteiger charge is -2.11. The first-order valence-corrected chi connectivity index (χ1v) is 5.72. The number of carbonyl (C=O) groups is 2. The van der Waals surface area contributed by atoms with Gasteiger partial charge in [-0.25, -0.2) is 0 Å². The summed E-state index contributed by atoms with van der Waals surface area (Å²) in [4.78, 5) is 25.7. The van der Waals surface area contributed by atoms with Gasteiger partial charge in [0.1, 0.15) is 0 Å². The smallest absolute Gasteiger partial charge is 0.251 e. The van der Waals surface area contributed by atoms with Gasteiger partial charge >= 0.3 is 0 Å². The fraction of sp³-hybridized carbons (Fsp3) is 0.231. The number of hydrogen-bond acceptors (Lipinski definition) is 2. The summed E-state index contributed by atoms with van der Waals surface area (Å²) in [6.45, 7) is 1.75. The van der Waals surface area contributed by atoms with Crippen LogP contribution in [0.15, 0.2) is 30.5 Å². The van der Waals surface area contributed by atoms with E-state index in [1.807, 2.05) is 18.3 Å². The number of aromatic nitrogens is 1. The molecule has 2 amide bonds. The van der Waals surface area contributed by atoms with E-state index in [1.54, 1.807) is 19.1 Å². The van der Waals surface area contributed by atoms with Gasteiger partial charge in [-0.2, -0.15) is 0 Å². The number of carbonyl (C=O) groups excluding carboxylic acids is 2. The van der Waals surface area contributed by atoms with E-state index in [4.69, 9.17) is 5.73 Å². The summed E-state index contributed by atoms with van der Waals surface area (Å²) < 4.78 is 0. The Labute approximate surface area is 104 Å². The van der Waals surface area contributed by atoms with E-state index in [0.717, 1.165) is 10.9 Å². The van der Waals surface area contributed by atoms with E-state index in [9.17, 15) is 9.59 Å². The van der Waals surface area contributed by atoms with Crippen molar-refractivity contribution < 1.29 is 9.59 Å². The second kappa shape index (κ2) is 4.91. The zero-order valence-corrected chi connectivity index (χ0v) is 10.1. The van der Waals surface area contributed by atoms with Gasteiger partial charge in [-0.3, -0.25) is 9.59 Å². The van der Waals surface area contributed by atoms with Crippen LogP contribution >= 0.6 is 0 Å². The van der Waals surface area contributed by atoms with Crippen LogP contribution < -0.4 is 11.1 Å². The van der Waals surface area contributed by atoms with Crippen molar-refractivity contribution in [2.24, 2.45) is 5.73 Å². The molecule has 5 nitrogen and oxygen atoms in total. The Morgan fingerprint density at radius 1 is 1.39 bits per heavy atom. The van der Waals surface area contributed by atoms with E-state index >= 15 is 0 Å². The second-order valence-electron chi connectivity index (χ2n) is 4.32. The topological polar surface area (TPSA) is 88.0 Å². The Morgan fingerprint density at radius 2 is 2.17 bits per heavy atom. The summed E-state index contributed by atoms with van der Waals surface area (Å²) in [5, 5.41) is 3.78. The molecule has 0 radical (unpaired) electrons. The predicted molar refractivity (Wildman–Crippen MR) is 69.0 cm³/mol. The first kappa shape index (κ1) is 12.2. The third kappa shape index (κ3) is 2.68. The van der Waals surface area contributed by atoms with Gasteiger partial charge in [0.15, 0.2) is 0 Å². The number of aromatic amines is 1. The van der Waals surface area contributed by atoms with E-state index in [1.165, 1.54) is 0 Å². The minimum atomic E-state index is -0.428. The highest BCUT2D eigenvalue weighted by atomic mass is 16.2.